The van der Waals surface area contributed by atoms with Crippen molar-refractivity contribution < 1.29 is 4.79 Å². The smallest absolute Gasteiger partial charge is 0.241 e. The minimum atomic E-state index is -0.441. The van der Waals surface area contributed by atoms with E-state index in [-0.39, 0.29) is 18.3 Å². The van der Waals surface area contributed by atoms with E-state index in [2.05, 4.69) is 15.2 Å². The molecule has 1 unspecified atom stereocenters. The number of hydrogen-bond acceptors (Lipinski definition) is 4. The molecule has 0 spiro atoms. The van der Waals surface area contributed by atoms with Gasteiger partial charge in [0.1, 0.15) is 5.82 Å². The van der Waals surface area contributed by atoms with Crippen molar-refractivity contribution in [2.24, 2.45) is 5.73 Å². The van der Waals surface area contributed by atoms with Gasteiger partial charge in [0.2, 0.25) is 5.91 Å². The molecule has 1 aliphatic heterocycles. The maximum absolute atomic E-state index is 11.8. The largest absolute Gasteiger partial charge is 0.357 e. The number of halogens is 1. The van der Waals surface area contributed by atoms with E-state index in [4.69, 9.17) is 5.73 Å². The zero-order chi connectivity index (χ0) is 13.7. The van der Waals surface area contributed by atoms with Crippen LogP contribution < -0.4 is 16.0 Å². The number of carbonyl (C=O) groups excluding carboxylic acids is 1. The van der Waals surface area contributed by atoms with Gasteiger partial charge in [-0.3, -0.25) is 4.79 Å². The Kier molecular flexibility index (Phi) is 6.75. The predicted molar refractivity (Wildman–Crippen MR) is 84.4 cm³/mol. The molecule has 0 saturated carbocycles. The number of nitrogens with one attached hydrogen (secondary N) is 1. The fourth-order valence-corrected chi connectivity index (χ4v) is 2.27. The number of anilines is 2. The monoisotopic (exact) mass is 298 g/mol. The van der Waals surface area contributed by atoms with Gasteiger partial charge >= 0.3 is 0 Å². The molecule has 1 aromatic heterocycles. The predicted octanol–water partition coefficient (Wildman–Crippen LogP) is 2.17. The van der Waals surface area contributed by atoms with Crippen LogP contribution in [0.5, 0.6) is 0 Å². The van der Waals surface area contributed by atoms with E-state index in [1.807, 2.05) is 19.1 Å². The molecule has 112 valence electrons. The summed E-state index contributed by atoms with van der Waals surface area (Å²) in [6, 6.07) is 3.40. The Morgan fingerprint density at radius 3 is 2.70 bits per heavy atom. The summed E-state index contributed by atoms with van der Waals surface area (Å²) in [5.41, 5.74) is 6.47. The van der Waals surface area contributed by atoms with Crippen LogP contribution in [0.3, 0.4) is 0 Å². The molecular formula is C14H23ClN4O. The molecular weight excluding hydrogens is 276 g/mol. The maximum Gasteiger partial charge on any atom is 0.241 e. The van der Waals surface area contributed by atoms with Gasteiger partial charge in [-0.25, -0.2) is 4.98 Å². The van der Waals surface area contributed by atoms with Crippen LogP contribution in [0.15, 0.2) is 18.3 Å². The SMILES string of the molecule is CCCC(N)C(=O)Nc1ccc(N2CCCC2)nc1.Cl. The normalized spacial score (nSPS) is 15.6. The van der Waals surface area contributed by atoms with Crippen LogP contribution in [0.4, 0.5) is 11.5 Å². The highest BCUT2D eigenvalue weighted by molar-refractivity contribution is 5.94. The summed E-state index contributed by atoms with van der Waals surface area (Å²) in [6.07, 6.45) is 5.76. The van der Waals surface area contributed by atoms with Crippen molar-refractivity contribution in [1.29, 1.82) is 0 Å². The van der Waals surface area contributed by atoms with E-state index >= 15 is 0 Å². The van der Waals surface area contributed by atoms with Crippen LogP contribution in [-0.2, 0) is 4.79 Å². The number of aromatic nitrogens is 1. The van der Waals surface area contributed by atoms with Gasteiger partial charge in [-0.05, 0) is 31.4 Å². The average Bonchev–Trinajstić information content (AvgIpc) is 2.94. The molecule has 2 rings (SSSR count). The van der Waals surface area contributed by atoms with Crippen LogP contribution in [-0.4, -0.2) is 30.0 Å². The molecule has 2 heterocycles. The summed E-state index contributed by atoms with van der Waals surface area (Å²) < 4.78 is 0. The van der Waals surface area contributed by atoms with Crippen LogP contribution in [0, 0.1) is 0 Å². The lowest BCUT2D eigenvalue weighted by Crippen LogP contribution is -2.35. The highest BCUT2D eigenvalue weighted by atomic mass is 35.5. The molecule has 1 atom stereocenters. The summed E-state index contributed by atoms with van der Waals surface area (Å²) in [4.78, 5) is 18.4. The highest BCUT2D eigenvalue weighted by Crippen LogP contribution is 2.19. The minimum Gasteiger partial charge on any atom is -0.357 e. The number of hydrogen-bond donors (Lipinski definition) is 2. The number of rotatable bonds is 5. The van der Waals surface area contributed by atoms with Gasteiger partial charge in [-0.15, -0.1) is 12.4 Å². The van der Waals surface area contributed by atoms with Crippen molar-refractivity contribution in [1.82, 2.24) is 4.98 Å². The molecule has 20 heavy (non-hydrogen) atoms. The molecule has 0 radical (unpaired) electrons. The topological polar surface area (TPSA) is 71.2 Å². The Morgan fingerprint density at radius 1 is 1.45 bits per heavy atom. The molecule has 1 fully saturated rings. The first-order valence-corrected chi connectivity index (χ1v) is 6.98. The van der Waals surface area contributed by atoms with E-state index in [0.717, 1.165) is 25.3 Å². The summed E-state index contributed by atoms with van der Waals surface area (Å²) in [5.74, 6) is 0.839. The number of pyridine rings is 1. The summed E-state index contributed by atoms with van der Waals surface area (Å²) in [7, 11) is 0. The summed E-state index contributed by atoms with van der Waals surface area (Å²) in [5, 5.41) is 2.80. The lowest BCUT2D eigenvalue weighted by molar-refractivity contribution is -0.117. The fraction of sp³-hybridized carbons (Fsp3) is 0.571. The molecule has 1 aromatic rings. The van der Waals surface area contributed by atoms with Crippen LogP contribution >= 0.6 is 12.4 Å². The molecule has 5 nitrogen and oxygen atoms in total. The van der Waals surface area contributed by atoms with Gasteiger partial charge in [0.15, 0.2) is 0 Å². The average molecular weight is 299 g/mol. The first kappa shape index (κ1) is 16.7. The third-order valence-corrected chi connectivity index (χ3v) is 3.38. The minimum absolute atomic E-state index is 0. The lowest BCUT2D eigenvalue weighted by atomic mass is 10.1. The Bertz CT molecular complexity index is 418. The number of carbonyl (C=O) groups is 1. The number of amides is 1. The summed E-state index contributed by atoms with van der Waals surface area (Å²) in [6.45, 7) is 4.15. The van der Waals surface area contributed by atoms with E-state index < -0.39 is 6.04 Å². The van der Waals surface area contributed by atoms with Gasteiger partial charge in [-0.2, -0.15) is 0 Å². The second-order valence-electron chi connectivity index (χ2n) is 4.98. The van der Waals surface area contributed by atoms with Crippen molar-refractivity contribution >= 4 is 29.8 Å². The van der Waals surface area contributed by atoms with Crippen molar-refractivity contribution in [2.75, 3.05) is 23.3 Å². The molecule has 1 saturated heterocycles. The fourth-order valence-electron chi connectivity index (χ4n) is 2.27. The van der Waals surface area contributed by atoms with Gasteiger partial charge in [-0.1, -0.05) is 13.3 Å². The second-order valence-corrected chi connectivity index (χ2v) is 4.98. The van der Waals surface area contributed by atoms with Crippen LogP contribution in [0.1, 0.15) is 32.6 Å². The molecule has 1 aliphatic rings. The number of nitrogens with two attached hydrogens (primary N) is 1. The highest BCUT2D eigenvalue weighted by Gasteiger charge is 2.15. The molecule has 0 bridgehead atoms. The Labute approximate surface area is 126 Å². The van der Waals surface area contributed by atoms with E-state index in [0.29, 0.717) is 12.1 Å². The zero-order valence-corrected chi connectivity index (χ0v) is 12.7. The summed E-state index contributed by atoms with van der Waals surface area (Å²) >= 11 is 0. The van der Waals surface area contributed by atoms with Gasteiger partial charge in [0.25, 0.3) is 0 Å². The zero-order valence-electron chi connectivity index (χ0n) is 11.8. The molecule has 6 heteroatoms. The Balaban J connectivity index is 0.00000200. The molecule has 0 aromatic carbocycles. The van der Waals surface area contributed by atoms with Crippen molar-refractivity contribution in [3.63, 3.8) is 0 Å². The number of nitrogens with zero attached hydrogens (tertiary/aromatic N) is 2. The van der Waals surface area contributed by atoms with E-state index in [1.54, 1.807) is 6.20 Å². The van der Waals surface area contributed by atoms with E-state index in [1.165, 1.54) is 12.8 Å². The lowest BCUT2D eigenvalue weighted by Gasteiger charge is -2.16. The van der Waals surface area contributed by atoms with Crippen molar-refractivity contribution in [3.05, 3.63) is 18.3 Å². The second kappa shape index (κ2) is 8.07. The van der Waals surface area contributed by atoms with Crippen molar-refractivity contribution in [3.8, 4) is 0 Å². The standard InChI is InChI=1S/C14H22N4O.ClH/c1-2-5-12(15)14(19)17-11-6-7-13(16-10-11)18-8-3-4-9-18;/h6-7,10,12H,2-5,8-9,15H2,1H3,(H,17,19);1H. The Hall–Kier alpha value is -1.33. The molecule has 1 amide bonds. The third kappa shape index (κ3) is 4.35. The van der Waals surface area contributed by atoms with Crippen LogP contribution in [0.25, 0.3) is 0 Å². The third-order valence-electron chi connectivity index (χ3n) is 3.38. The molecule has 3 N–H and O–H groups in total. The quantitative estimate of drug-likeness (QED) is 0.874. The maximum atomic E-state index is 11.8. The molecule has 0 aliphatic carbocycles. The Morgan fingerprint density at radius 2 is 2.15 bits per heavy atom. The first-order valence-electron chi connectivity index (χ1n) is 6.98. The van der Waals surface area contributed by atoms with Gasteiger partial charge < -0.3 is 16.0 Å². The first-order chi connectivity index (χ1) is 9.20. The van der Waals surface area contributed by atoms with Crippen molar-refractivity contribution in [2.45, 2.75) is 38.6 Å². The van der Waals surface area contributed by atoms with E-state index in [9.17, 15) is 4.79 Å². The van der Waals surface area contributed by atoms with Gasteiger partial charge in [0, 0.05) is 13.1 Å². The van der Waals surface area contributed by atoms with Gasteiger partial charge in [0.05, 0.1) is 17.9 Å². The van der Waals surface area contributed by atoms with Crippen LogP contribution in [0.2, 0.25) is 0 Å².